The Morgan fingerprint density at radius 1 is 0.931 bits per heavy atom. The van der Waals surface area contributed by atoms with Gasteiger partial charge in [-0.3, -0.25) is 9.59 Å². The highest BCUT2D eigenvalue weighted by atomic mass is 16.5. The summed E-state index contributed by atoms with van der Waals surface area (Å²) in [6.07, 6.45) is 2.53. The van der Waals surface area contributed by atoms with Gasteiger partial charge in [-0.15, -0.1) is 0 Å². The Hall–Kier alpha value is -2.62. The molecular formula is C25H31NO3. The van der Waals surface area contributed by atoms with Crippen LogP contribution in [0, 0.1) is 0 Å². The van der Waals surface area contributed by atoms with Gasteiger partial charge in [-0.2, -0.15) is 0 Å². The highest BCUT2D eigenvalue weighted by Gasteiger charge is 2.47. The highest BCUT2D eigenvalue weighted by molar-refractivity contribution is 5.95. The monoisotopic (exact) mass is 393 g/mol. The first-order chi connectivity index (χ1) is 13.8. The SMILES string of the molecule is CC(C)c1cccc(C(C)C)c1NC(=O)COC(=O)C1(c2ccccc2)CCC1. The van der Waals surface area contributed by atoms with Crippen LogP contribution in [-0.2, 0) is 19.7 Å². The van der Waals surface area contributed by atoms with Crippen LogP contribution in [0.15, 0.2) is 48.5 Å². The molecule has 1 amide bonds. The third-order valence-corrected chi connectivity index (χ3v) is 5.90. The predicted octanol–water partition coefficient (Wildman–Crippen LogP) is 5.54. The van der Waals surface area contributed by atoms with E-state index in [1.54, 1.807) is 0 Å². The van der Waals surface area contributed by atoms with E-state index in [-0.39, 0.29) is 30.3 Å². The topological polar surface area (TPSA) is 55.4 Å². The van der Waals surface area contributed by atoms with Crippen molar-refractivity contribution >= 4 is 17.6 Å². The number of para-hydroxylation sites is 1. The molecule has 0 unspecified atom stereocenters. The van der Waals surface area contributed by atoms with Gasteiger partial charge >= 0.3 is 5.97 Å². The van der Waals surface area contributed by atoms with Crippen molar-refractivity contribution in [3.63, 3.8) is 0 Å². The molecule has 1 N–H and O–H groups in total. The van der Waals surface area contributed by atoms with Crippen molar-refractivity contribution < 1.29 is 14.3 Å². The van der Waals surface area contributed by atoms with E-state index in [1.807, 2.05) is 48.5 Å². The first-order valence-electron chi connectivity index (χ1n) is 10.5. The molecule has 2 aromatic carbocycles. The zero-order chi connectivity index (χ0) is 21.0. The van der Waals surface area contributed by atoms with Gasteiger partial charge in [0.1, 0.15) is 0 Å². The summed E-state index contributed by atoms with van der Waals surface area (Å²) in [6, 6.07) is 15.8. The number of carbonyl (C=O) groups excluding carboxylic acids is 2. The molecule has 1 saturated carbocycles. The van der Waals surface area contributed by atoms with E-state index >= 15 is 0 Å². The van der Waals surface area contributed by atoms with Crippen molar-refractivity contribution in [2.45, 2.75) is 64.2 Å². The van der Waals surface area contributed by atoms with Crippen LogP contribution in [0.4, 0.5) is 5.69 Å². The maximum atomic E-state index is 12.9. The van der Waals surface area contributed by atoms with E-state index in [4.69, 9.17) is 4.74 Å². The fraction of sp³-hybridized carbons (Fsp3) is 0.440. The summed E-state index contributed by atoms with van der Waals surface area (Å²) in [7, 11) is 0. The van der Waals surface area contributed by atoms with Gasteiger partial charge in [0.15, 0.2) is 6.61 Å². The number of hydrogen-bond acceptors (Lipinski definition) is 3. The number of ether oxygens (including phenoxy) is 1. The Morgan fingerprint density at radius 2 is 1.52 bits per heavy atom. The number of amides is 1. The van der Waals surface area contributed by atoms with E-state index in [1.165, 1.54) is 0 Å². The molecule has 4 heteroatoms. The van der Waals surface area contributed by atoms with Crippen LogP contribution in [0.5, 0.6) is 0 Å². The molecule has 0 atom stereocenters. The molecular weight excluding hydrogens is 362 g/mol. The minimum absolute atomic E-state index is 0.266. The van der Waals surface area contributed by atoms with Crippen molar-refractivity contribution in [1.82, 2.24) is 0 Å². The normalized spacial score (nSPS) is 15.1. The van der Waals surface area contributed by atoms with Crippen molar-refractivity contribution in [2.75, 3.05) is 11.9 Å². The fourth-order valence-electron chi connectivity index (χ4n) is 4.04. The molecule has 0 bridgehead atoms. The fourth-order valence-corrected chi connectivity index (χ4v) is 4.04. The lowest BCUT2D eigenvalue weighted by Gasteiger charge is -2.39. The molecule has 1 fully saturated rings. The van der Waals surface area contributed by atoms with Crippen molar-refractivity contribution in [1.29, 1.82) is 0 Å². The van der Waals surface area contributed by atoms with Crippen LogP contribution in [0.1, 0.15) is 75.5 Å². The quantitative estimate of drug-likeness (QED) is 0.629. The van der Waals surface area contributed by atoms with Gasteiger partial charge in [0.25, 0.3) is 5.91 Å². The van der Waals surface area contributed by atoms with Crippen LogP contribution in [0.2, 0.25) is 0 Å². The standard InChI is InChI=1S/C25H31NO3/c1-17(2)20-12-8-13-21(18(3)4)23(20)26-22(27)16-29-24(28)25(14-9-15-25)19-10-6-5-7-11-19/h5-8,10-13,17-18H,9,14-16H2,1-4H3,(H,26,27). The summed E-state index contributed by atoms with van der Waals surface area (Å²) in [6.45, 7) is 8.16. The third kappa shape index (κ3) is 4.36. The van der Waals surface area contributed by atoms with Gasteiger partial charge < -0.3 is 10.1 Å². The van der Waals surface area contributed by atoms with E-state index in [0.717, 1.165) is 41.6 Å². The lowest BCUT2D eigenvalue weighted by molar-refractivity contribution is -0.156. The molecule has 0 radical (unpaired) electrons. The van der Waals surface area contributed by atoms with E-state index in [2.05, 4.69) is 33.0 Å². The van der Waals surface area contributed by atoms with Gasteiger partial charge in [0, 0.05) is 5.69 Å². The zero-order valence-electron chi connectivity index (χ0n) is 17.8. The van der Waals surface area contributed by atoms with Crippen LogP contribution in [0.25, 0.3) is 0 Å². The zero-order valence-corrected chi connectivity index (χ0v) is 17.8. The van der Waals surface area contributed by atoms with Gasteiger partial charge in [-0.25, -0.2) is 0 Å². The van der Waals surface area contributed by atoms with Crippen molar-refractivity contribution in [3.05, 3.63) is 65.2 Å². The Kier molecular flexibility index (Phi) is 6.41. The molecule has 0 heterocycles. The van der Waals surface area contributed by atoms with Crippen molar-refractivity contribution in [3.8, 4) is 0 Å². The number of carbonyl (C=O) groups is 2. The number of benzene rings is 2. The van der Waals surface area contributed by atoms with Gasteiger partial charge in [-0.05, 0) is 41.4 Å². The molecule has 0 saturated heterocycles. The number of rotatable bonds is 7. The molecule has 154 valence electrons. The van der Waals surface area contributed by atoms with Gasteiger partial charge in [0.05, 0.1) is 5.41 Å². The molecule has 29 heavy (non-hydrogen) atoms. The summed E-state index contributed by atoms with van der Waals surface area (Å²) in [4.78, 5) is 25.5. The first kappa shape index (κ1) is 21.1. The van der Waals surface area contributed by atoms with Crippen molar-refractivity contribution in [2.24, 2.45) is 0 Å². The number of hydrogen-bond donors (Lipinski definition) is 1. The maximum absolute atomic E-state index is 12.9. The highest BCUT2D eigenvalue weighted by Crippen LogP contribution is 2.44. The first-order valence-corrected chi connectivity index (χ1v) is 10.5. The Morgan fingerprint density at radius 3 is 2.00 bits per heavy atom. The molecule has 4 nitrogen and oxygen atoms in total. The third-order valence-electron chi connectivity index (χ3n) is 5.90. The van der Waals surface area contributed by atoms with E-state index in [9.17, 15) is 9.59 Å². The molecule has 1 aliphatic rings. The summed E-state index contributed by atoms with van der Waals surface area (Å²) >= 11 is 0. The maximum Gasteiger partial charge on any atom is 0.317 e. The van der Waals surface area contributed by atoms with Gasteiger partial charge in [-0.1, -0.05) is 82.6 Å². The predicted molar refractivity (Wildman–Crippen MR) is 116 cm³/mol. The lowest BCUT2D eigenvalue weighted by Crippen LogP contribution is -2.44. The van der Waals surface area contributed by atoms with Crippen LogP contribution in [-0.4, -0.2) is 18.5 Å². The summed E-state index contributed by atoms with van der Waals surface area (Å²) < 4.78 is 5.49. The summed E-state index contributed by atoms with van der Waals surface area (Å²) in [5.41, 5.74) is 3.41. The number of nitrogens with one attached hydrogen (secondary N) is 1. The average Bonchev–Trinajstić information content (AvgIpc) is 2.66. The van der Waals surface area contributed by atoms with E-state index in [0.29, 0.717) is 0 Å². The van der Waals surface area contributed by atoms with Crippen LogP contribution < -0.4 is 5.32 Å². The van der Waals surface area contributed by atoms with Crippen LogP contribution >= 0.6 is 0 Å². The number of anilines is 1. The summed E-state index contributed by atoms with van der Waals surface area (Å²) in [5, 5.41) is 3.01. The molecule has 0 spiro atoms. The Bertz CT molecular complexity index is 841. The smallest absolute Gasteiger partial charge is 0.317 e. The Balaban J connectivity index is 1.70. The molecule has 0 aromatic heterocycles. The molecule has 0 aliphatic heterocycles. The number of esters is 1. The largest absolute Gasteiger partial charge is 0.455 e. The average molecular weight is 394 g/mol. The molecule has 2 aromatic rings. The minimum Gasteiger partial charge on any atom is -0.455 e. The Labute approximate surface area is 173 Å². The van der Waals surface area contributed by atoms with Gasteiger partial charge in [0.2, 0.25) is 0 Å². The second-order valence-corrected chi connectivity index (χ2v) is 8.55. The molecule has 1 aliphatic carbocycles. The second-order valence-electron chi connectivity index (χ2n) is 8.55. The molecule has 3 rings (SSSR count). The lowest BCUT2D eigenvalue weighted by atomic mass is 9.64. The minimum atomic E-state index is -0.597. The van der Waals surface area contributed by atoms with Crippen LogP contribution in [0.3, 0.4) is 0 Å². The summed E-state index contributed by atoms with van der Waals surface area (Å²) in [5.74, 6) is -0.0343. The van der Waals surface area contributed by atoms with E-state index < -0.39 is 5.41 Å². The second kappa shape index (κ2) is 8.81.